The topological polar surface area (TPSA) is 89.8 Å². The molecule has 0 amide bonds. The quantitative estimate of drug-likeness (QED) is 0.820. The van der Waals surface area contributed by atoms with Crippen LogP contribution >= 0.6 is 0 Å². The van der Waals surface area contributed by atoms with Crippen LogP contribution in [0, 0.1) is 0 Å². The van der Waals surface area contributed by atoms with Crippen molar-refractivity contribution in [3.8, 4) is 0 Å². The van der Waals surface area contributed by atoms with Crippen molar-refractivity contribution in [1.29, 1.82) is 0 Å². The lowest BCUT2D eigenvalue weighted by Crippen LogP contribution is -2.27. The van der Waals surface area contributed by atoms with Gasteiger partial charge in [-0.2, -0.15) is 0 Å². The van der Waals surface area contributed by atoms with E-state index >= 15 is 0 Å². The predicted octanol–water partition coefficient (Wildman–Crippen LogP) is 0.618. The van der Waals surface area contributed by atoms with Crippen LogP contribution in [0.25, 0.3) is 0 Å². The molecule has 0 bridgehead atoms. The van der Waals surface area contributed by atoms with Crippen LogP contribution in [0.3, 0.4) is 0 Å². The Morgan fingerprint density at radius 1 is 1.39 bits per heavy atom. The molecule has 1 aromatic rings. The van der Waals surface area contributed by atoms with Crippen LogP contribution in [0.15, 0.2) is 0 Å². The second-order valence-corrected chi connectivity index (χ2v) is 6.54. The van der Waals surface area contributed by atoms with Crippen molar-refractivity contribution >= 4 is 10.0 Å². The first-order valence-corrected chi connectivity index (χ1v) is 8.01. The smallest absolute Gasteiger partial charge is 0.211 e. The van der Waals surface area contributed by atoms with Crippen molar-refractivity contribution in [2.75, 3.05) is 5.75 Å². The zero-order valence-electron chi connectivity index (χ0n) is 10.5. The van der Waals surface area contributed by atoms with Gasteiger partial charge in [0, 0.05) is 0 Å². The fourth-order valence-corrected chi connectivity index (χ4v) is 3.31. The van der Waals surface area contributed by atoms with E-state index in [2.05, 4.69) is 20.2 Å². The van der Waals surface area contributed by atoms with Crippen LogP contribution in [-0.4, -0.2) is 34.4 Å². The average molecular weight is 273 g/mol. The molecule has 1 aliphatic rings. The first kappa shape index (κ1) is 13.4. The van der Waals surface area contributed by atoms with Gasteiger partial charge in [-0.15, -0.1) is 5.10 Å². The van der Waals surface area contributed by atoms with Crippen molar-refractivity contribution in [2.45, 2.75) is 51.6 Å². The maximum Gasteiger partial charge on any atom is 0.211 e. The van der Waals surface area contributed by atoms with E-state index < -0.39 is 10.0 Å². The number of tetrazole rings is 1. The molecule has 0 aromatic carbocycles. The van der Waals surface area contributed by atoms with Gasteiger partial charge >= 0.3 is 0 Å². The maximum atomic E-state index is 11.6. The Morgan fingerprint density at radius 3 is 2.78 bits per heavy atom. The Hall–Kier alpha value is -1.02. The maximum absolute atomic E-state index is 11.6. The van der Waals surface area contributed by atoms with E-state index in [-0.39, 0.29) is 12.3 Å². The van der Waals surface area contributed by atoms with Gasteiger partial charge in [0.15, 0.2) is 5.82 Å². The Bertz CT molecular complexity index is 478. The summed E-state index contributed by atoms with van der Waals surface area (Å²) in [5.74, 6) is 0.736. The zero-order chi connectivity index (χ0) is 13.0. The van der Waals surface area contributed by atoms with Crippen molar-refractivity contribution in [3.05, 3.63) is 5.82 Å². The third-order valence-electron chi connectivity index (χ3n) is 3.15. The molecule has 102 valence electrons. The van der Waals surface area contributed by atoms with E-state index in [0.717, 1.165) is 12.8 Å². The van der Waals surface area contributed by atoms with Crippen molar-refractivity contribution in [3.63, 3.8) is 0 Å². The van der Waals surface area contributed by atoms with Gasteiger partial charge in [-0.1, -0.05) is 19.8 Å². The minimum Gasteiger partial charge on any atom is -0.225 e. The third-order valence-corrected chi connectivity index (χ3v) is 4.68. The van der Waals surface area contributed by atoms with Crippen molar-refractivity contribution in [2.24, 2.45) is 0 Å². The molecule has 0 radical (unpaired) electrons. The highest BCUT2D eigenvalue weighted by molar-refractivity contribution is 7.89. The second kappa shape index (κ2) is 5.75. The largest absolute Gasteiger partial charge is 0.225 e. The SMILES string of the molecule is CCCS(=O)(=O)NCc1nnnn1C1CCCC1. The highest BCUT2D eigenvalue weighted by Crippen LogP contribution is 2.28. The van der Waals surface area contributed by atoms with Gasteiger partial charge in [-0.05, 0) is 29.7 Å². The van der Waals surface area contributed by atoms with E-state index in [1.165, 1.54) is 12.8 Å². The summed E-state index contributed by atoms with van der Waals surface area (Å²) in [4.78, 5) is 0. The highest BCUT2D eigenvalue weighted by Gasteiger charge is 2.22. The number of nitrogens with one attached hydrogen (secondary N) is 1. The number of nitrogens with zero attached hydrogens (tertiary/aromatic N) is 4. The lowest BCUT2D eigenvalue weighted by atomic mass is 10.2. The number of hydrogen-bond donors (Lipinski definition) is 1. The number of rotatable bonds is 6. The monoisotopic (exact) mass is 273 g/mol. The molecule has 1 saturated carbocycles. The number of hydrogen-bond acceptors (Lipinski definition) is 5. The van der Waals surface area contributed by atoms with Crippen LogP contribution < -0.4 is 4.72 Å². The molecule has 0 unspecified atom stereocenters. The van der Waals surface area contributed by atoms with Gasteiger partial charge in [0.25, 0.3) is 0 Å². The van der Waals surface area contributed by atoms with Crippen LogP contribution in [0.4, 0.5) is 0 Å². The molecule has 2 rings (SSSR count). The van der Waals surface area contributed by atoms with E-state index in [9.17, 15) is 8.42 Å². The molecule has 18 heavy (non-hydrogen) atoms. The second-order valence-electron chi connectivity index (χ2n) is 4.62. The molecule has 8 heteroatoms. The molecule has 1 heterocycles. The van der Waals surface area contributed by atoms with Crippen LogP contribution in [0.5, 0.6) is 0 Å². The molecular formula is C10H19N5O2S. The van der Waals surface area contributed by atoms with Gasteiger partial charge in [0.05, 0.1) is 18.3 Å². The molecule has 0 spiro atoms. The summed E-state index contributed by atoms with van der Waals surface area (Å²) in [5.41, 5.74) is 0. The predicted molar refractivity (Wildman–Crippen MR) is 66.2 cm³/mol. The van der Waals surface area contributed by atoms with Crippen LogP contribution in [-0.2, 0) is 16.6 Å². The Balaban J connectivity index is 1.99. The summed E-state index contributed by atoms with van der Waals surface area (Å²) in [6, 6.07) is 0.325. The van der Waals surface area contributed by atoms with E-state index in [1.54, 1.807) is 4.68 Å². The van der Waals surface area contributed by atoms with Gasteiger partial charge in [-0.3, -0.25) is 0 Å². The summed E-state index contributed by atoms with van der Waals surface area (Å²) in [6.07, 6.45) is 5.11. The van der Waals surface area contributed by atoms with Crippen molar-refractivity contribution in [1.82, 2.24) is 24.9 Å². The summed E-state index contributed by atoms with van der Waals surface area (Å²) in [5, 5.41) is 11.5. The molecule has 1 N–H and O–H groups in total. The minimum atomic E-state index is -3.21. The van der Waals surface area contributed by atoms with Crippen LogP contribution in [0.1, 0.15) is 50.9 Å². The average Bonchev–Trinajstić information content (AvgIpc) is 2.97. The standard InChI is InChI=1S/C10H19N5O2S/c1-2-7-18(16,17)11-8-10-12-13-14-15(10)9-5-3-4-6-9/h9,11H,2-8H2,1H3. The minimum absolute atomic E-state index is 0.137. The highest BCUT2D eigenvalue weighted by atomic mass is 32.2. The fourth-order valence-electron chi connectivity index (χ4n) is 2.28. The summed E-state index contributed by atoms with van der Waals surface area (Å²) >= 11 is 0. The van der Waals surface area contributed by atoms with E-state index in [0.29, 0.717) is 18.3 Å². The van der Waals surface area contributed by atoms with E-state index in [4.69, 9.17) is 0 Å². The number of sulfonamides is 1. The Labute approximate surface area is 107 Å². The summed E-state index contributed by atoms with van der Waals surface area (Å²) < 4.78 is 27.4. The van der Waals surface area contributed by atoms with Crippen molar-refractivity contribution < 1.29 is 8.42 Å². The van der Waals surface area contributed by atoms with Crippen LogP contribution in [0.2, 0.25) is 0 Å². The molecular weight excluding hydrogens is 254 g/mol. The lowest BCUT2D eigenvalue weighted by molar-refractivity contribution is 0.435. The Morgan fingerprint density at radius 2 is 2.11 bits per heavy atom. The van der Waals surface area contributed by atoms with Gasteiger partial charge in [0.1, 0.15) is 0 Å². The van der Waals surface area contributed by atoms with Gasteiger partial charge in [0.2, 0.25) is 10.0 Å². The molecule has 1 aliphatic carbocycles. The normalized spacial score (nSPS) is 17.4. The molecule has 0 aliphatic heterocycles. The first-order chi connectivity index (χ1) is 8.62. The molecule has 0 saturated heterocycles. The fraction of sp³-hybridized carbons (Fsp3) is 0.900. The lowest BCUT2D eigenvalue weighted by Gasteiger charge is -2.11. The Kier molecular flexibility index (Phi) is 4.28. The number of aromatic nitrogens is 4. The summed E-state index contributed by atoms with van der Waals surface area (Å²) in [7, 11) is -3.21. The molecule has 1 aromatic heterocycles. The molecule has 1 fully saturated rings. The molecule has 0 atom stereocenters. The van der Waals surface area contributed by atoms with Gasteiger partial charge < -0.3 is 0 Å². The third kappa shape index (κ3) is 3.26. The zero-order valence-corrected chi connectivity index (χ0v) is 11.4. The summed E-state index contributed by atoms with van der Waals surface area (Å²) in [6.45, 7) is 2.01. The first-order valence-electron chi connectivity index (χ1n) is 6.36. The van der Waals surface area contributed by atoms with E-state index in [1.807, 2.05) is 6.92 Å². The van der Waals surface area contributed by atoms with Gasteiger partial charge in [-0.25, -0.2) is 17.8 Å². The molecule has 7 nitrogen and oxygen atoms in total.